The van der Waals surface area contributed by atoms with Gasteiger partial charge in [0, 0.05) is 0 Å². The minimum atomic E-state index is -1.32. The van der Waals surface area contributed by atoms with Crippen LogP contribution < -0.4 is 10.6 Å². The van der Waals surface area contributed by atoms with E-state index in [0.29, 0.717) is 0 Å². The Labute approximate surface area is 105 Å². The third-order valence-electron chi connectivity index (χ3n) is 2.93. The molecule has 3 N–H and O–H groups in total. The van der Waals surface area contributed by atoms with Crippen LogP contribution in [-0.4, -0.2) is 28.7 Å². The van der Waals surface area contributed by atoms with E-state index in [2.05, 4.69) is 10.6 Å². The van der Waals surface area contributed by atoms with Gasteiger partial charge in [0.05, 0.1) is 0 Å². The summed E-state index contributed by atoms with van der Waals surface area (Å²) >= 11 is 0. The Balaban J connectivity index is 2.13. The van der Waals surface area contributed by atoms with Crippen molar-refractivity contribution < 1.29 is 14.7 Å². The van der Waals surface area contributed by atoms with Gasteiger partial charge in [-0.3, -0.25) is 10.1 Å². The number of aliphatic hydroxyl groups is 1. The monoisotopic (exact) mass is 246 g/mol. The highest BCUT2D eigenvalue weighted by molar-refractivity contribution is 6.07. The minimum absolute atomic E-state index is 0.530. The van der Waals surface area contributed by atoms with E-state index in [-0.39, 0.29) is 0 Å². The molecule has 0 radical (unpaired) electrons. The first-order chi connectivity index (χ1) is 8.52. The number of hydrogen-bond donors (Lipinski definition) is 3. The van der Waals surface area contributed by atoms with E-state index in [1.165, 1.54) is 13.0 Å². The van der Waals surface area contributed by atoms with E-state index in [9.17, 15) is 14.7 Å². The Kier molecular flexibility index (Phi) is 3.16. The zero-order valence-electron chi connectivity index (χ0n) is 9.88. The molecule has 1 heterocycles. The van der Waals surface area contributed by atoms with Crippen molar-refractivity contribution in [3.63, 3.8) is 0 Å². The SMILES string of the molecule is CC1(C(O)/C=C/c2ccccc2)NC(=O)NC1=O. The molecule has 1 aliphatic rings. The van der Waals surface area contributed by atoms with Crippen molar-refractivity contribution in [2.24, 2.45) is 0 Å². The molecule has 1 aliphatic heterocycles. The van der Waals surface area contributed by atoms with Gasteiger partial charge in [-0.1, -0.05) is 42.5 Å². The second kappa shape index (κ2) is 4.62. The third-order valence-corrected chi connectivity index (χ3v) is 2.93. The number of aliphatic hydroxyl groups excluding tert-OH is 1. The molecule has 1 aromatic rings. The molecule has 2 rings (SSSR count). The van der Waals surface area contributed by atoms with Crippen molar-refractivity contribution in [3.05, 3.63) is 42.0 Å². The van der Waals surface area contributed by atoms with Crippen LogP contribution in [0.25, 0.3) is 6.08 Å². The maximum atomic E-state index is 11.6. The predicted molar refractivity (Wildman–Crippen MR) is 66.6 cm³/mol. The van der Waals surface area contributed by atoms with Gasteiger partial charge in [0.2, 0.25) is 0 Å². The molecule has 0 aliphatic carbocycles. The van der Waals surface area contributed by atoms with Crippen LogP contribution in [0.4, 0.5) is 4.79 Å². The predicted octanol–water partition coefficient (Wildman–Crippen LogP) is 0.659. The fourth-order valence-corrected chi connectivity index (χ4v) is 1.72. The normalized spacial score (nSPS) is 25.0. The molecule has 94 valence electrons. The molecule has 2 atom stereocenters. The van der Waals surface area contributed by atoms with Gasteiger partial charge in [-0.2, -0.15) is 0 Å². The van der Waals surface area contributed by atoms with Gasteiger partial charge in [-0.05, 0) is 12.5 Å². The molecule has 1 aromatic carbocycles. The zero-order valence-corrected chi connectivity index (χ0v) is 9.88. The fraction of sp³-hybridized carbons (Fsp3) is 0.231. The lowest BCUT2D eigenvalue weighted by atomic mass is 9.94. The highest BCUT2D eigenvalue weighted by Gasteiger charge is 2.46. The van der Waals surface area contributed by atoms with Crippen molar-refractivity contribution in [2.45, 2.75) is 18.6 Å². The highest BCUT2D eigenvalue weighted by Crippen LogP contribution is 2.17. The van der Waals surface area contributed by atoms with Crippen LogP contribution in [0, 0.1) is 0 Å². The molecule has 1 saturated heterocycles. The van der Waals surface area contributed by atoms with Gasteiger partial charge in [0.25, 0.3) is 5.91 Å². The molecule has 0 bridgehead atoms. The number of carbonyl (C=O) groups is 2. The van der Waals surface area contributed by atoms with Gasteiger partial charge >= 0.3 is 6.03 Å². The summed E-state index contributed by atoms with van der Waals surface area (Å²) in [4.78, 5) is 22.6. The van der Waals surface area contributed by atoms with E-state index < -0.39 is 23.6 Å². The quantitative estimate of drug-likeness (QED) is 0.685. The molecule has 0 spiro atoms. The standard InChI is InChI=1S/C13H14N2O3/c1-13(11(17)14-12(18)15-13)10(16)8-7-9-5-3-2-4-6-9/h2-8,10,16H,1H3,(H2,14,15,17,18)/b8-7+. The first-order valence-corrected chi connectivity index (χ1v) is 5.57. The Bertz CT molecular complexity index is 498. The summed E-state index contributed by atoms with van der Waals surface area (Å²) in [5.74, 6) is -0.530. The summed E-state index contributed by atoms with van der Waals surface area (Å²) in [6.07, 6.45) is 2.10. The van der Waals surface area contributed by atoms with Crippen molar-refractivity contribution in [2.75, 3.05) is 0 Å². The number of carbonyl (C=O) groups excluding carboxylic acids is 2. The number of nitrogens with one attached hydrogen (secondary N) is 2. The smallest absolute Gasteiger partial charge is 0.322 e. The van der Waals surface area contributed by atoms with Crippen molar-refractivity contribution in [3.8, 4) is 0 Å². The molecule has 5 nitrogen and oxygen atoms in total. The number of benzene rings is 1. The van der Waals surface area contributed by atoms with Crippen molar-refractivity contribution in [1.29, 1.82) is 0 Å². The largest absolute Gasteiger partial charge is 0.386 e. The number of urea groups is 1. The van der Waals surface area contributed by atoms with Gasteiger partial charge < -0.3 is 10.4 Å². The summed E-state index contributed by atoms with van der Waals surface area (Å²) in [7, 11) is 0. The van der Waals surface area contributed by atoms with Crippen LogP contribution in [0.2, 0.25) is 0 Å². The molecule has 2 unspecified atom stereocenters. The lowest BCUT2D eigenvalue weighted by Crippen LogP contribution is -2.52. The average molecular weight is 246 g/mol. The van der Waals surface area contributed by atoms with Crippen LogP contribution in [0.3, 0.4) is 0 Å². The number of amides is 3. The van der Waals surface area contributed by atoms with E-state index in [1.54, 1.807) is 6.08 Å². The summed E-state index contributed by atoms with van der Waals surface area (Å²) < 4.78 is 0. The van der Waals surface area contributed by atoms with E-state index in [0.717, 1.165) is 5.56 Å². The summed E-state index contributed by atoms with van der Waals surface area (Å²) in [6, 6.07) is 8.79. The van der Waals surface area contributed by atoms with Crippen molar-refractivity contribution >= 4 is 18.0 Å². The van der Waals surface area contributed by atoms with Crippen LogP contribution in [-0.2, 0) is 4.79 Å². The van der Waals surface area contributed by atoms with E-state index in [4.69, 9.17) is 0 Å². The van der Waals surface area contributed by atoms with Gasteiger partial charge in [0.15, 0.2) is 0 Å². The fourth-order valence-electron chi connectivity index (χ4n) is 1.72. The summed E-state index contributed by atoms with van der Waals surface area (Å²) in [5, 5.41) is 14.5. The lowest BCUT2D eigenvalue weighted by Gasteiger charge is -2.24. The summed E-state index contributed by atoms with van der Waals surface area (Å²) in [5.41, 5.74) is -0.410. The summed E-state index contributed by atoms with van der Waals surface area (Å²) in [6.45, 7) is 1.48. The van der Waals surface area contributed by atoms with Crippen LogP contribution in [0.5, 0.6) is 0 Å². The Morgan fingerprint density at radius 3 is 2.50 bits per heavy atom. The molecular formula is C13H14N2O3. The van der Waals surface area contributed by atoms with Crippen LogP contribution in [0.15, 0.2) is 36.4 Å². The van der Waals surface area contributed by atoms with Crippen LogP contribution >= 0.6 is 0 Å². The molecule has 0 saturated carbocycles. The minimum Gasteiger partial charge on any atom is -0.386 e. The maximum absolute atomic E-state index is 11.6. The van der Waals surface area contributed by atoms with Crippen LogP contribution in [0.1, 0.15) is 12.5 Å². The topological polar surface area (TPSA) is 78.4 Å². The van der Waals surface area contributed by atoms with Gasteiger partial charge in [0.1, 0.15) is 11.6 Å². The maximum Gasteiger partial charge on any atom is 0.322 e. The third kappa shape index (κ3) is 2.26. The molecule has 0 aromatic heterocycles. The Hall–Kier alpha value is -2.14. The number of rotatable bonds is 3. The molecule has 18 heavy (non-hydrogen) atoms. The molecule has 3 amide bonds. The first kappa shape index (κ1) is 12.3. The molecule has 5 heteroatoms. The lowest BCUT2D eigenvalue weighted by molar-refractivity contribution is -0.126. The van der Waals surface area contributed by atoms with E-state index >= 15 is 0 Å². The molecule has 1 fully saturated rings. The highest BCUT2D eigenvalue weighted by atomic mass is 16.3. The Morgan fingerprint density at radius 2 is 1.94 bits per heavy atom. The second-order valence-corrected chi connectivity index (χ2v) is 4.33. The van der Waals surface area contributed by atoms with Crippen molar-refractivity contribution in [1.82, 2.24) is 10.6 Å². The van der Waals surface area contributed by atoms with Gasteiger partial charge in [-0.15, -0.1) is 0 Å². The Morgan fingerprint density at radius 1 is 1.28 bits per heavy atom. The number of imide groups is 1. The molecular weight excluding hydrogens is 232 g/mol. The zero-order chi connectivity index (χ0) is 13.2. The second-order valence-electron chi connectivity index (χ2n) is 4.33. The van der Waals surface area contributed by atoms with Gasteiger partial charge in [-0.25, -0.2) is 4.79 Å². The number of hydrogen-bond acceptors (Lipinski definition) is 3. The average Bonchev–Trinajstić information content (AvgIpc) is 2.62. The van der Waals surface area contributed by atoms with E-state index in [1.807, 2.05) is 30.3 Å². The first-order valence-electron chi connectivity index (χ1n) is 5.57.